The van der Waals surface area contributed by atoms with Crippen LogP contribution in [-0.2, 0) is 14.3 Å². The van der Waals surface area contributed by atoms with Crippen LogP contribution in [0.1, 0.15) is 0 Å². The van der Waals surface area contributed by atoms with Crippen LogP contribution in [0.4, 0.5) is 13.2 Å². The van der Waals surface area contributed by atoms with Crippen molar-refractivity contribution in [3.05, 3.63) is 0 Å². The fourth-order valence-corrected chi connectivity index (χ4v) is 0.650. The summed E-state index contributed by atoms with van der Waals surface area (Å²) < 4.78 is 38.7. The lowest BCUT2D eigenvalue weighted by Crippen LogP contribution is -2.44. The Hall–Kier alpha value is -1.31. The maximum atomic E-state index is 11.6. The average molecular weight is 228 g/mol. The first-order valence-electron chi connectivity index (χ1n) is 3.87. The van der Waals surface area contributed by atoms with E-state index in [9.17, 15) is 22.8 Å². The van der Waals surface area contributed by atoms with Gasteiger partial charge >= 0.3 is 12.1 Å². The normalized spacial score (nSPS) is 13.2. The molecule has 0 aliphatic heterocycles. The van der Waals surface area contributed by atoms with Crippen LogP contribution in [0.15, 0.2) is 0 Å². The van der Waals surface area contributed by atoms with Crippen LogP contribution in [0.2, 0.25) is 0 Å². The molecule has 0 saturated heterocycles. The molecule has 0 saturated carbocycles. The number of halogens is 3. The number of hydrogen-bond acceptors (Lipinski definition) is 4. The number of alkyl halides is 3. The zero-order chi connectivity index (χ0) is 12.2. The maximum Gasteiger partial charge on any atom is 0.490 e. The molecular formula is C7H11F3N2O3. The van der Waals surface area contributed by atoms with Crippen molar-refractivity contribution in [1.82, 2.24) is 4.90 Å². The minimum absolute atomic E-state index is 0.620. The highest BCUT2D eigenvalue weighted by molar-refractivity contribution is 5.82. The standard InChI is InChI=1S/C7H11F3N2O3/c1-12(2)5(13)4(11)3-15-6(14)7(8,9)10/h4H,3,11H2,1-2H3/t4-/m0/s1. The minimum Gasteiger partial charge on any atom is -0.457 e. The van der Waals surface area contributed by atoms with Crippen LogP contribution in [0.3, 0.4) is 0 Å². The molecule has 0 aliphatic rings. The van der Waals surface area contributed by atoms with Crippen LogP contribution >= 0.6 is 0 Å². The highest BCUT2D eigenvalue weighted by Gasteiger charge is 2.41. The monoisotopic (exact) mass is 228 g/mol. The molecule has 1 atom stereocenters. The van der Waals surface area contributed by atoms with Crippen molar-refractivity contribution >= 4 is 11.9 Å². The van der Waals surface area contributed by atoms with Gasteiger partial charge in [0.05, 0.1) is 0 Å². The van der Waals surface area contributed by atoms with Crippen molar-refractivity contribution < 1.29 is 27.5 Å². The molecule has 0 aromatic rings. The average Bonchev–Trinajstić information content (AvgIpc) is 2.10. The van der Waals surface area contributed by atoms with E-state index in [1.165, 1.54) is 14.1 Å². The van der Waals surface area contributed by atoms with Gasteiger partial charge in [-0.05, 0) is 0 Å². The number of hydrogen-bond donors (Lipinski definition) is 1. The van der Waals surface area contributed by atoms with Gasteiger partial charge in [-0.25, -0.2) is 4.79 Å². The summed E-state index contributed by atoms with van der Waals surface area (Å²) in [5.41, 5.74) is 5.17. The van der Waals surface area contributed by atoms with Crippen LogP contribution in [0.25, 0.3) is 0 Å². The number of rotatable bonds is 3. The van der Waals surface area contributed by atoms with E-state index in [1.807, 2.05) is 0 Å². The molecule has 2 N–H and O–H groups in total. The molecule has 0 aromatic heterocycles. The Morgan fingerprint density at radius 3 is 2.20 bits per heavy atom. The number of nitrogens with two attached hydrogens (primary N) is 1. The van der Waals surface area contributed by atoms with Gasteiger partial charge in [0, 0.05) is 14.1 Å². The Balaban J connectivity index is 4.07. The van der Waals surface area contributed by atoms with Gasteiger partial charge in [0.2, 0.25) is 5.91 Å². The third-order valence-electron chi connectivity index (χ3n) is 1.38. The largest absolute Gasteiger partial charge is 0.490 e. The summed E-state index contributed by atoms with van der Waals surface area (Å²) in [7, 11) is 2.77. The van der Waals surface area contributed by atoms with Crippen molar-refractivity contribution in [2.75, 3.05) is 20.7 Å². The summed E-state index contributed by atoms with van der Waals surface area (Å²) in [6.45, 7) is -0.796. The lowest BCUT2D eigenvalue weighted by atomic mass is 10.3. The predicted molar refractivity (Wildman–Crippen MR) is 43.7 cm³/mol. The number of carbonyl (C=O) groups excluding carboxylic acids is 2. The fraction of sp³-hybridized carbons (Fsp3) is 0.714. The van der Waals surface area contributed by atoms with Gasteiger partial charge in [-0.1, -0.05) is 0 Å². The van der Waals surface area contributed by atoms with E-state index in [-0.39, 0.29) is 0 Å². The van der Waals surface area contributed by atoms with E-state index in [0.717, 1.165) is 4.90 Å². The van der Waals surface area contributed by atoms with E-state index in [2.05, 4.69) is 4.74 Å². The molecule has 0 aromatic carbocycles. The summed E-state index contributed by atoms with van der Waals surface area (Å²) in [6, 6.07) is -1.29. The van der Waals surface area contributed by atoms with Gasteiger partial charge in [-0.2, -0.15) is 13.2 Å². The molecule has 8 heteroatoms. The van der Waals surface area contributed by atoms with Crippen molar-refractivity contribution in [2.24, 2.45) is 5.73 Å². The number of esters is 1. The van der Waals surface area contributed by atoms with Crippen molar-refractivity contribution in [2.45, 2.75) is 12.2 Å². The lowest BCUT2D eigenvalue weighted by molar-refractivity contribution is -0.200. The van der Waals surface area contributed by atoms with Gasteiger partial charge in [0.1, 0.15) is 12.6 Å². The molecule has 0 heterocycles. The molecule has 0 spiro atoms. The zero-order valence-corrected chi connectivity index (χ0v) is 8.17. The first-order valence-corrected chi connectivity index (χ1v) is 3.87. The van der Waals surface area contributed by atoms with Crippen molar-refractivity contribution in [3.8, 4) is 0 Å². The highest BCUT2D eigenvalue weighted by Crippen LogP contribution is 2.16. The van der Waals surface area contributed by atoms with Crippen LogP contribution < -0.4 is 5.73 Å². The number of likely N-dealkylation sites (N-methyl/N-ethyl adjacent to an activating group) is 1. The van der Waals surface area contributed by atoms with Crippen LogP contribution in [0, 0.1) is 0 Å². The quantitative estimate of drug-likeness (QED) is 0.661. The van der Waals surface area contributed by atoms with E-state index in [0.29, 0.717) is 0 Å². The molecule has 0 radical (unpaired) electrons. The van der Waals surface area contributed by atoms with Crippen LogP contribution in [0.5, 0.6) is 0 Å². The molecule has 15 heavy (non-hydrogen) atoms. The lowest BCUT2D eigenvalue weighted by Gasteiger charge is -2.16. The summed E-state index contributed by atoms with van der Waals surface area (Å²) in [5, 5.41) is 0. The Kier molecular flexibility index (Phi) is 4.53. The Morgan fingerprint density at radius 1 is 1.40 bits per heavy atom. The maximum absolute atomic E-state index is 11.6. The van der Waals surface area contributed by atoms with Crippen molar-refractivity contribution in [3.63, 3.8) is 0 Å². The van der Waals surface area contributed by atoms with E-state index < -0.39 is 30.7 Å². The first kappa shape index (κ1) is 13.7. The Morgan fingerprint density at radius 2 is 1.87 bits per heavy atom. The molecule has 0 unspecified atom stereocenters. The van der Waals surface area contributed by atoms with E-state index in [4.69, 9.17) is 5.73 Å². The molecule has 0 aliphatic carbocycles. The van der Waals surface area contributed by atoms with Crippen molar-refractivity contribution in [1.29, 1.82) is 0 Å². The smallest absolute Gasteiger partial charge is 0.457 e. The molecule has 0 fully saturated rings. The topological polar surface area (TPSA) is 72.6 Å². The number of nitrogens with zero attached hydrogens (tertiary/aromatic N) is 1. The zero-order valence-electron chi connectivity index (χ0n) is 8.17. The predicted octanol–water partition coefficient (Wildman–Crippen LogP) is -0.493. The summed E-state index contributed by atoms with van der Waals surface area (Å²) >= 11 is 0. The molecule has 5 nitrogen and oxygen atoms in total. The second-order valence-corrected chi connectivity index (χ2v) is 2.94. The summed E-state index contributed by atoms with van der Waals surface area (Å²) in [5.74, 6) is -2.98. The Labute approximate surface area is 84.0 Å². The van der Waals surface area contributed by atoms with Gasteiger partial charge < -0.3 is 15.4 Å². The SMILES string of the molecule is CN(C)C(=O)[C@@H](N)COC(=O)C(F)(F)F. The molecule has 0 rings (SSSR count). The highest BCUT2D eigenvalue weighted by atomic mass is 19.4. The fourth-order valence-electron chi connectivity index (χ4n) is 0.650. The second kappa shape index (κ2) is 4.96. The van der Waals surface area contributed by atoms with Crippen LogP contribution in [-0.4, -0.2) is 49.7 Å². The van der Waals surface area contributed by atoms with E-state index >= 15 is 0 Å². The molecule has 88 valence electrons. The molecule has 0 bridgehead atoms. The number of carbonyl (C=O) groups is 2. The van der Waals surface area contributed by atoms with Gasteiger partial charge in [-0.15, -0.1) is 0 Å². The van der Waals surface area contributed by atoms with Gasteiger partial charge in [-0.3, -0.25) is 4.79 Å². The first-order chi connectivity index (χ1) is 6.66. The third-order valence-corrected chi connectivity index (χ3v) is 1.38. The number of ether oxygens (including phenoxy) is 1. The van der Waals surface area contributed by atoms with E-state index in [1.54, 1.807) is 0 Å². The number of amides is 1. The Bertz CT molecular complexity index is 252. The summed E-state index contributed by atoms with van der Waals surface area (Å²) in [6.07, 6.45) is -5.07. The van der Waals surface area contributed by atoms with Gasteiger partial charge in [0.15, 0.2) is 0 Å². The molecule has 1 amide bonds. The second-order valence-electron chi connectivity index (χ2n) is 2.94. The summed E-state index contributed by atoms with van der Waals surface area (Å²) in [4.78, 5) is 22.4. The van der Waals surface area contributed by atoms with Gasteiger partial charge in [0.25, 0.3) is 0 Å². The minimum atomic E-state index is -5.07. The third kappa shape index (κ3) is 4.63. The molecular weight excluding hydrogens is 217 g/mol.